The molecular weight excluding hydrogens is 343 g/mol. The summed E-state index contributed by atoms with van der Waals surface area (Å²) in [6.45, 7) is 0.546. The highest BCUT2D eigenvalue weighted by Crippen LogP contribution is 2.30. The highest BCUT2D eigenvalue weighted by molar-refractivity contribution is 6.06. The largest absolute Gasteiger partial charge is 0.477 e. The molecule has 4 nitrogen and oxygen atoms in total. The highest BCUT2D eigenvalue weighted by Gasteiger charge is 2.20. The third-order valence-corrected chi connectivity index (χ3v) is 4.94. The standard InChI is InChI=1S/C22H19FN2O2/c1-25-19-8-3-2-7-17(19)20(21(25)22(26)27)24-12-11-15-6-4-5-14-9-10-16(23)13-18(14)15/h2-10,13,24H,11-12H2,1H3,(H,26,27). The second kappa shape index (κ2) is 6.76. The van der Waals surface area contributed by atoms with Crippen LogP contribution in [-0.4, -0.2) is 22.2 Å². The van der Waals surface area contributed by atoms with E-state index in [0.29, 0.717) is 18.7 Å². The summed E-state index contributed by atoms with van der Waals surface area (Å²) in [6, 6.07) is 18.3. The van der Waals surface area contributed by atoms with E-state index < -0.39 is 5.97 Å². The van der Waals surface area contributed by atoms with E-state index in [2.05, 4.69) is 5.32 Å². The average Bonchev–Trinajstić information content (AvgIpc) is 2.95. The van der Waals surface area contributed by atoms with E-state index in [4.69, 9.17) is 0 Å². The number of hydrogen-bond donors (Lipinski definition) is 2. The monoisotopic (exact) mass is 362 g/mol. The van der Waals surface area contributed by atoms with E-state index in [-0.39, 0.29) is 11.5 Å². The topological polar surface area (TPSA) is 54.3 Å². The number of carbonyl (C=O) groups is 1. The lowest BCUT2D eigenvalue weighted by Crippen LogP contribution is -2.11. The van der Waals surface area contributed by atoms with Crippen LogP contribution in [0.5, 0.6) is 0 Å². The molecule has 0 saturated carbocycles. The average molecular weight is 362 g/mol. The van der Waals surface area contributed by atoms with Gasteiger partial charge in [0.2, 0.25) is 0 Å². The predicted octanol–water partition coefficient (Wildman–Crippen LogP) is 4.82. The summed E-state index contributed by atoms with van der Waals surface area (Å²) in [4.78, 5) is 11.8. The molecule has 5 heteroatoms. The Hall–Kier alpha value is -3.34. The first-order valence-electron chi connectivity index (χ1n) is 8.78. The van der Waals surface area contributed by atoms with Gasteiger partial charge in [-0.05, 0) is 41.0 Å². The zero-order valence-corrected chi connectivity index (χ0v) is 14.9. The van der Waals surface area contributed by atoms with Crippen molar-refractivity contribution in [2.24, 2.45) is 7.05 Å². The van der Waals surface area contributed by atoms with Crippen LogP contribution in [0.15, 0.2) is 60.7 Å². The minimum Gasteiger partial charge on any atom is -0.477 e. The van der Waals surface area contributed by atoms with Crippen LogP contribution in [0.4, 0.5) is 10.1 Å². The molecule has 136 valence electrons. The van der Waals surface area contributed by atoms with Crippen LogP contribution in [0.25, 0.3) is 21.7 Å². The number of aromatic nitrogens is 1. The fraction of sp³-hybridized carbons (Fsp3) is 0.136. The maximum Gasteiger partial charge on any atom is 0.354 e. The van der Waals surface area contributed by atoms with Crippen molar-refractivity contribution in [1.82, 2.24) is 4.57 Å². The molecule has 0 spiro atoms. The molecule has 0 amide bonds. The Balaban J connectivity index is 1.65. The Morgan fingerprint density at radius 3 is 2.70 bits per heavy atom. The first-order chi connectivity index (χ1) is 13.1. The molecule has 3 aromatic carbocycles. The van der Waals surface area contributed by atoms with Crippen molar-refractivity contribution >= 4 is 33.3 Å². The summed E-state index contributed by atoms with van der Waals surface area (Å²) in [6.07, 6.45) is 0.656. The van der Waals surface area contributed by atoms with Gasteiger partial charge in [-0.1, -0.05) is 42.5 Å². The second-order valence-electron chi connectivity index (χ2n) is 6.56. The Kier molecular flexibility index (Phi) is 4.28. The van der Waals surface area contributed by atoms with Gasteiger partial charge in [0, 0.05) is 19.0 Å². The third kappa shape index (κ3) is 3.01. The van der Waals surface area contributed by atoms with Crippen LogP contribution < -0.4 is 5.32 Å². The molecule has 0 atom stereocenters. The number of benzene rings is 3. The van der Waals surface area contributed by atoms with E-state index in [1.54, 1.807) is 23.7 Å². The number of carboxylic acid groups (broad SMARTS) is 1. The summed E-state index contributed by atoms with van der Waals surface area (Å²) >= 11 is 0. The van der Waals surface area contributed by atoms with Gasteiger partial charge in [-0.15, -0.1) is 0 Å². The first-order valence-corrected chi connectivity index (χ1v) is 8.78. The minimum atomic E-state index is -0.969. The quantitative estimate of drug-likeness (QED) is 0.535. The second-order valence-corrected chi connectivity index (χ2v) is 6.56. The summed E-state index contributed by atoms with van der Waals surface area (Å²) in [5.41, 5.74) is 2.74. The van der Waals surface area contributed by atoms with Gasteiger partial charge >= 0.3 is 5.97 Å². The number of fused-ring (bicyclic) bond motifs is 2. The summed E-state index contributed by atoms with van der Waals surface area (Å²) < 4.78 is 15.3. The fourth-order valence-corrected chi connectivity index (χ4v) is 3.67. The van der Waals surface area contributed by atoms with Gasteiger partial charge in [-0.3, -0.25) is 0 Å². The van der Waals surface area contributed by atoms with Crippen LogP contribution in [0.3, 0.4) is 0 Å². The molecule has 27 heavy (non-hydrogen) atoms. The summed E-state index contributed by atoms with van der Waals surface area (Å²) in [5, 5.41) is 15.7. The molecule has 0 aliphatic heterocycles. The maximum absolute atomic E-state index is 13.6. The summed E-state index contributed by atoms with van der Waals surface area (Å²) in [5.74, 6) is -1.23. The van der Waals surface area contributed by atoms with Gasteiger partial charge in [0.15, 0.2) is 5.69 Å². The zero-order valence-electron chi connectivity index (χ0n) is 14.9. The Bertz CT molecular complexity index is 1160. The van der Waals surface area contributed by atoms with E-state index >= 15 is 0 Å². The molecule has 0 aliphatic rings. The molecule has 0 saturated heterocycles. The van der Waals surface area contributed by atoms with Crippen LogP contribution >= 0.6 is 0 Å². The number of nitrogens with one attached hydrogen (secondary N) is 1. The molecule has 0 aliphatic carbocycles. The predicted molar refractivity (Wildman–Crippen MR) is 106 cm³/mol. The Morgan fingerprint density at radius 1 is 1.07 bits per heavy atom. The Labute approximate surface area is 155 Å². The van der Waals surface area contributed by atoms with Crippen molar-refractivity contribution in [3.63, 3.8) is 0 Å². The lowest BCUT2D eigenvalue weighted by molar-refractivity contribution is 0.0688. The summed E-state index contributed by atoms with van der Waals surface area (Å²) in [7, 11) is 1.75. The number of rotatable bonds is 5. The van der Waals surface area contributed by atoms with Crippen molar-refractivity contribution in [1.29, 1.82) is 0 Å². The van der Waals surface area contributed by atoms with Crippen LogP contribution in [0.1, 0.15) is 16.1 Å². The normalized spacial score (nSPS) is 11.2. The lowest BCUT2D eigenvalue weighted by Gasteiger charge is -2.10. The van der Waals surface area contributed by atoms with Crippen LogP contribution in [0, 0.1) is 5.82 Å². The number of para-hydroxylation sites is 1. The van der Waals surface area contributed by atoms with E-state index in [1.807, 2.05) is 42.5 Å². The molecule has 4 aromatic rings. The van der Waals surface area contributed by atoms with Crippen LogP contribution in [-0.2, 0) is 13.5 Å². The molecule has 0 unspecified atom stereocenters. The number of anilines is 1. The maximum atomic E-state index is 13.6. The van der Waals surface area contributed by atoms with E-state index in [9.17, 15) is 14.3 Å². The van der Waals surface area contributed by atoms with Crippen LogP contribution in [0.2, 0.25) is 0 Å². The lowest BCUT2D eigenvalue weighted by atomic mass is 10.0. The number of aromatic carboxylic acids is 1. The molecule has 2 N–H and O–H groups in total. The SMILES string of the molecule is Cn1c(C(=O)O)c(NCCc2cccc3ccc(F)cc23)c2ccccc21. The van der Waals surface area contributed by atoms with E-state index in [0.717, 1.165) is 27.2 Å². The van der Waals surface area contributed by atoms with E-state index in [1.165, 1.54) is 6.07 Å². The molecular formula is C22H19FN2O2. The van der Waals surface area contributed by atoms with Crippen molar-refractivity contribution < 1.29 is 14.3 Å². The molecule has 4 rings (SSSR count). The minimum absolute atomic E-state index is 0.236. The van der Waals surface area contributed by atoms with Gasteiger partial charge in [0.25, 0.3) is 0 Å². The first kappa shape index (κ1) is 17.1. The molecule has 0 fully saturated rings. The molecule has 0 bridgehead atoms. The number of halogens is 1. The fourth-order valence-electron chi connectivity index (χ4n) is 3.67. The van der Waals surface area contributed by atoms with Gasteiger partial charge < -0.3 is 15.0 Å². The third-order valence-electron chi connectivity index (χ3n) is 4.94. The van der Waals surface area contributed by atoms with Gasteiger partial charge in [-0.2, -0.15) is 0 Å². The van der Waals surface area contributed by atoms with Gasteiger partial charge in [-0.25, -0.2) is 9.18 Å². The van der Waals surface area contributed by atoms with Gasteiger partial charge in [0.05, 0.1) is 11.2 Å². The number of aryl methyl sites for hydroxylation is 1. The molecule has 0 radical (unpaired) electrons. The number of carboxylic acids is 1. The van der Waals surface area contributed by atoms with Crippen molar-refractivity contribution in [2.75, 3.05) is 11.9 Å². The highest BCUT2D eigenvalue weighted by atomic mass is 19.1. The smallest absolute Gasteiger partial charge is 0.354 e. The molecule has 1 aromatic heterocycles. The van der Waals surface area contributed by atoms with Crippen molar-refractivity contribution in [2.45, 2.75) is 6.42 Å². The Morgan fingerprint density at radius 2 is 1.89 bits per heavy atom. The van der Waals surface area contributed by atoms with Crippen molar-refractivity contribution in [3.05, 3.63) is 77.7 Å². The number of hydrogen-bond acceptors (Lipinski definition) is 2. The van der Waals surface area contributed by atoms with Gasteiger partial charge in [0.1, 0.15) is 5.82 Å². The zero-order chi connectivity index (χ0) is 19.0. The van der Waals surface area contributed by atoms with Crippen molar-refractivity contribution in [3.8, 4) is 0 Å². The molecule has 1 heterocycles. The number of nitrogens with zero attached hydrogens (tertiary/aromatic N) is 1.